The number of anilines is 1. The summed E-state index contributed by atoms with van der Waals surface area (Å²) in [5.41, 5.74) is -2.04. The largest absolute Gasteiger partial charge is 0.494 e. The number of carbonyl (C=O) groups excluding carboxylic acids is 3. The van der Waals surface area contributed by atoms with Crippen molar-refractivity contribution >= 4 is 23.4 Å². The second kappa shape index (κ2) is 10.4. The zero-order chi connectivity index (χ0) is 28.9. The average Bonchev–Trinajstić information content (AvgIpc) is 3.36. The molecule has 3 heterocycles. The van der Waals surface area contributed by atoms with E-state index in [1.165, 1.54) is 0 Å². The Kier molecular flexibility index (Phi) is 7.82. The molecule has 0 aromatic heterocycles. The lowest BCUT2D eigenvalue weighted by molar-refractivity contribution is -0.151. The molecule has 8 atom stereocenters. The molecule has 216 valence electrons. The van der Waals surface area contributed by atoms with E-state index < -0.39 is 40.7 Å². The van der Waals surface area contributed by atoms with Crippen LogP contribution >= 0.6 is 0 Å². The Bertz CT molecular complexity index is 1100. The molecule has 3 aliphatic heterocycles. The topological polar surface area (TPSA) is 117 Å². The molecule has 3 aliphatic rings. The fourth-order valence-corrected chi connectivity index (χ4v) is 7.01. The number of hydrogen-bond donors (Lipinski definition) is 3. The Morgan fingerprint density at radius 1 is 1.21 bits per heavy atom. The van der Waals surface area contributed by atoms with Crippen LogP contribution in [-0.2, 0) is 19.1 Å². The van der Waals surface area contributed by atoms with Gasteiger partial charge in [-0.1, -0.05) is 27.2 Å². The molecule has 9 heteroatoms. The molecule has 0 saturated carbocycles. The number of nitrogens with one attached hydrogen (secondary N) is 2. The van der Waals surface area contributed by atoms with Gasteiger partial charge in [0.25, 0.3) is 0 Å². The highest BCUT2D eigenvalue weighted by atomic mass is 16.5. The van der Waals surface area contributed by atoms with Crippen molar-refractivity contribution in [1.29, 1.82) is 0 Å². The highest BCUT2D eigenvalue weighted by molar-refractivity contribution is 6.02. The molecule has 0 aliphatic carbocycles. The maximum absolute atomic E-state index is 14.4. The number of aliphatic hydroxyl groups excluding tert-OH is 1. The first kappa shape index (κ1) is 29.3. The molecule has 3 saturated heterocycles. The van der Waals surface area contributed by atoms with Crippen LogP contribution in [0.2, 0.25) is 0 Å². The van der Waals surface area contributed by atoms with Crippen molar-refractivity contribution in [3.8, 4) is 5.75 Å². The summed E-state index contributed by atoms with van der Waals surface area (Å²) in [7, 11) is 0. The van der Waals surface area contributed by atoms with Crippen molar-refractivity contribution in [1.82, 2.24) is 10.2 Å². The van der Waals surface area contributed by atoms with E-state index in [9.17, 15) is 19.5 Å². The minimum atomic E-state index is -1.16. The number of rotatable bonds is 9. The molecule has 3 fully saturated rings. The number of ether oxygens (including phenoxy) is 2. The second-order valence-corrected chi connectivity index (χ2v) is 12.8. The number of carbonyl (C=O) groups is 3. The van der Waals surface area contributed by atoms with E-state index in [0.717, 1.165) is 6.42 Å². The molecular formula is C30H45N3O6. The first-order valence-corrected chi connectivity index (χ1v) is 14.2. The van der Waals surface area contributed by atoms with E-state index in [1.54, 1.807) is 29.2 Å². The highest BCUT2D eigenvalue weighted by Crippen LogP contribution is 2.65. The predicted octanol–water partition coefficient (Wildman–Crippen LogP) is 3.36. The third-order valence-corrected chi connectivity index (χ3v) is 9.06. The van der Waals surface area contributed by atoms with Crippen molar-refractivity contribution in [2.45, 2.75) is 97.1 Å². The summed E-state index contributed by atoms with van der Waals surface area (Å²) < 4.78 is 12.3. The van der Waals surface area contributed by atoms with Gasteiger partial charge >= 0.3 is 0 Å². The van der Waals surface area contributed by atoms with Gasteiger partial charge in [0.05, 0.1) is 36.7 Å². The third-order valence-electron chi connectivity index (χ3n) is 9.06. The smallest absolute Gasteiger partial charge is 0.246 e. The second-order valence-electron chi connectivity index (χ2n) is 12.8. The summed E-state index contributed by atoms with van der Waals surface area (Å²) in [5, 5.41) is 16.5. The molecule has 9 nitrogen and oxygen atoms in total. The van der Waals surface area contributed by atoms with Crippen LogP contribution in [-0.4, -0.2) is 69.8 Å². The van der Waals surface area contributed by atoms with Gasteiger partial charge in [0.1, 0.15) is 17.4 Å². The zero-order valence-electron chi connectivity index (χ0n) is 24.5. The summed E-state index contributed by atoms with van der Waals surface area (Å²) in [4.78, 5) is 43.8. The quantitative estimate of drug-likeness (QED) is 0.440. The first-order valence-electron chi connectivity index (χ1n) is 14.2. The molecule has 1 aromatic carbocycles. The lowest BCUT2D eigenvalue weighted by Gasteiger charge is -2.40. The normalized spacial score (nSPS) is 33.1. The predicted molar refractivity (Wildman–Crippen MR) is 148 cm³/mol. The van der Waals surface area contributed by atoms with E-state index >= 15 is 0 Å². The molecule has 3 unspecified atom stereocenters. The average molecular weight is 544 g/mol. The summed E-state index contributed by atoms with van der Waals surface area (Å²) in [6.07, 6.45) is 1.20. The van der Waals surface area contributed by atoms with E-state index in [-0.39, 0.29) is 36.2 Å². The Labute approximate surface area is 232 Å². The van der Waals surface area contributed by atoms with E-state index in [1.807, 2.05) is 55.4 Å². The molecule has 3 N–H and O–H groups in total. The number of benzene rings is 1. The SMILES string of the molecule is CCOc1ccc(NC(=O)[C@H]2[C@H]3C(=O)N([C@@H](CO)[C@@H](C)CC)C(C(=O)NC(C)(C)C)C34CC(C)[C@]2(C)O4)cc1. The molecule has 3 amide bonds. The molecule has 39 heavy (non-hydrogen) atoms. The maximum atomic E-state index is 14.4. The van der Waals surface area contributed by atoms with E-state index in [0.29, 0.717) is 24.5 Å². The van der Waals surface area contributed by atoms with Crippen molar-refractivity contribution in [2.75, 3.05) is 18.5 Å². The van der Waals surface area contributed by atoms with Gasteiger partial charge in [0.15, 0.2) is 0 Å². The van der Waals surface area contributed by atoms with Gasteiger partial charge in [-0.05, 0) is 77.1 Å². The third kappa shape index (κ3) is 4.82. The minimum absolute atomic E-state index is 0.0551. The number of fused-ring (bicyclic) bond motifs is 1. The zero-order valence-corrected chi connectivity index (χ0v) is 24.5. The van der Waals surface area contributed by atoms with Gasteiger partial charge in [-0.15, -0.1) is 0 Å². The maximum Gasteiger partial charge on any atom is 0.246 e. The number of aliphatic hydroxyl groups is 1. The molecule has 4 rings (SSSR count). The van der Waals surface area contributed by atoms with Crippen LogP contribution in [0.4, 0.5) is 5.69 Å². The summed E-state index contributed by atoms with van der Waals surface area (Å²) in [6.45, 7) is 15.7. The van der Waals surface area contributed by atoms with Crippen LogP contribution in [0.5, 0.6) is 5.75 Å². The Balaban J connectivity index is 1.76. The lowest BCUT2D eigenvalue weighted by Crippen LogP contribution is -2.61. The van der Waals surface area contributed by atoms with Gasteiger partial charge in [0.2, 0.25) is 17.7 Å². The van der Waals surface area contributed by atoms with Crippen molar-refractivity contribution in [3.05, 3.63) is 24.3 Å². The standard InChI is InChI=1S/C30H45N3O6/c1-9-17(3)21(16-34)33-24(26(36)32-28(5,6)7)30-15-18(4)29(8,39-30)22(23(30)27(33)37)25(35)31-19-11-13-20(14-12-19)38-10-2/h11-14,17-18,21-24,34H,9-10,15-16H2,1-8H3,(H,31,35)(H,32,36)/t17-,18?,21-,22+,23-,24?,29-,30?/m0/s1. The number of likely N-dealkylation sites (tertiary alicyclic amines) is 1. The summed E-state index contributed by atoms with van der Waals surface area (Å²) in [5.74, 6) is -1.99. The van der Waals surface area contributed by atoms with Gasteiger partial charge in [-0.3, -0.25) is 14.4 Å². The monoisotopic (exact) mass is 543 g/mol. The minimum Gasteiger partial charge on any atom is -0.494 e. The fraction of sp³-hybridized carbons (Fsp3) is 0.700. The van der Waals surface area contributed by atoms with Crippen LogP contribution in [0, 0.1) is 23.7 Å². The van der Waals surface area contributed by atoms with Crippen LogP contribution in [0.1, 0.15) is 68.2 Å². The first-order chi connectivity index (χ1) is 18.2. The van der Waals surface area contributed by atoms with Crippen LogP contribution in [0.3, 0.4) is 0 Å². The summed E-state index contributed by atoms with van der Waals surface area (Å²) in [6, 6.07) is 5.59. The van der Waals surface area contributed by atoms with Gasteiger partial charge < -0.3 is 30.1 Å². The molecule has 2 bridgehead atoms. The number of nitrogens with zero attached hydrogens (tertiary/aromatic N) is 1. The summed E-state index contributed by atoms with van der Waals surface area (Å²) >= 11 is 0. The molecule has 1 aromatic rings. The van der Waals surface area contributed by atoms with Crippen molar-refractivity contribution < 1.29 is 29.0 Å². The Hall–Kier alpha value is -2.65. The highest BCUT2D eigenvalue weighted by Gasteiger charge is 2.80. The number of amides is 3. The van der Waals surface area contributed by atoms with Crippen LogP contribution in [0.25, 0.3) is 0 Å². The Morgan fingerprint density at radius 2 is 1.85 bits per heavy atom. The molecule has 0 radical (unpaired) electrons. The van der Waals surface area contributed by atoms with Crippen LogP contribution < -0.4 is 15.4 Å². The molecular weight excluding hydrogens is 498 g/mol. The van der Waals surface area contributed by atoms with Crippen LogP contribution in [0.15, 0.2) is 24.3 Å². The van der Waals surface area contributed by atoms with Crippen molar-refractivity contribution in [3.63, 3.8) is 0 Å². The fourth-order valence-electron chi connectivity index (χ4n) is 7.01. The number of hydrogen-bond acceptors (Lipinski definition) is 6. The van der Waals surface area contributed by atoms with Gasteiger partial charge in [-0.2, -0.15) is 0 Å². The van der Waals surface area contributed by atoms with Gasteiger partial charge in [0, 0.05) is 11.2 Å². The lowest BCUT2D eigenvalue weighted by atomic mass is 9.62. The molecule has 1 spiro atoms. The Morgan fingerprint density at radius 3 is 2.38 bits per heavy atom. The van der Waals surface area contributed by atoms with E-state index in [4.69, 9.17) is 9.47 Å². The van der Waals surface area contributed by atoms with E-state index in [2.05, 4.69) is 10.6 Å². The van der Waals surface area contributed by atoms with Gasteiger partial charge in [-0.25, -0.2) is 0 Å². The van der Waals surface area contributed by atoms with Crippen molar-refractivity contribution in [2.24, 2.45) is 23.7 Å².